The van der Waals surface area contributed by atoms with Crippen LogP contribution < -0.4 is 5.32 Å². The number of carbonyl (C=O) groups is 1. The number of carbonyl (C=O) groups excluding carboxylic acids is 1. The first kappa shape index (κ1) is 23.8. The number of aromatic nitrogens is 1. The van der Waals surface area contributed by atoms with Gasteiger partial charge in [-0.25, -0.2) is 13.4 Å². The quantitative estimate of drug-likeness (QED) is 0.463. The maximum atomic E-state index is 12.9. The van der Waals surface area contributed by atoms with E-state index in [1.54, 1.807) is 18.2 Å². The Morgan fingerprint density at radius 1 is 1.18 bits per heavy atom. The van der Waals surface area contributed by atoms with Crippen LogP contribution in [-0.2, 0) is 14.8 Å². The van der Waals surface area contributed by atoms with E-state index in [1.807, 2.05) is 25.1 Å². The number of rotatable bonds is 7. The van der Waals surface area contributed by atoms with Crippen LogP contribution in [0, 0.1) is 6.92 Å². The lowest BCUT2D eigenvalue weighted by atomic mass is 9.98. The molecule has 1 aliphatic rings. The number of hydrogen-bond donors (Lipinski definition) is 1. The van der Waals surface area contributed by atoms with Crippen molar-refractivity contribution < 1.29 is 17.6 Å². The minimum absolute atomic E-state index is 0.137. The van der Waals surface area contributed by atoms with Crippen molar-refractivity contribution in [3.63, 3.8) is 0 Å². The maximum Gasteiger partial charge on any atom is 0.257 e. The summed E-state index contributed by atoms with van der Waals surface area (Å²) in [4.78, 5) is 17.2. The predicted octanol–water partition coefficient (Wildman–Crippen LogP) is 5.17. The van der Waals surface area contributed by atoms with E-state index in [-0.39, 0.29) is 16.6 Å². The third-order valence-electron chi connectivity index (χ3n) is 5.81. The first-order valence-corrected chi connectivity index (χ1v) is 13.6. The number of sulfonamides is 1. The minimum Gasteiger partial charge on any atom is -0.431 e. The normalized spacial score (nSPS) is 15.3. The van der Waals surface area contributed by atoms with E-state index in [9.17, 15) is 13.2 Å². The van der Waals surface area contributed by atoms with E-state index in [1.165, 1.54) is 16.1 Å². The monoisotopic (exact) mass is 487 g/mol. The summed E-state index contributed by atoms with van der Waals surface area (Å²) >= 11 is 1.19. The molecular weight excluding hydrogens is 458 g/mol. The Bertz CT molecular complexity index is 1260. The SMILES string of the molecule is Cc1cccc(C(C)C)c1NC(=O)CSc1nc2cc(S(=O)(=O)N3CCCCC3)ccc2o1. The Morgan fingerprint density at radius 3 is 2.67 bits per heavy atom. The molecular formula is C24H29N3O4S2. The fraction of sp³-hybridized carbons (Fsp3) is 0.417. The summed E-state index contributed by atoms with van der Waals surface area (Å²) in [6, 6.07) is 10.7. The Hall–Kier alpha value is -2.36. The molecule has 0 unspecified atom stereocenters. The van der Waals surface area contributed by atoms with Gasteiger partial charge in [0.05, 0.1) is 10.6 Å². The highest BCUT2D eigenvalue weighted by molar-refractivity contribution is 7.99. The number of nitrogens with one attached hydrogen (secondary N) is 1. The van der Waals surface area contributed by atoms with E-state index in [2.05, 4.69) is 24.1 Å². The van der Waals surface area contributed by atoms with Gasteiger partial charge >= 0.3 is 0 Å². The van der Waals surface area contributed by atoms with Crippen molar-refractivity contribution >= 4 is 44.5 Å². The number of para-hydroxylation sites is 1. The van der Waals surface area contributed by atoms with Gasteiger partial charge < -0.3 is 9.73 Å². The van der Waals surface area contributed by atoms with Gasteiger partial charge in [0.15, 0.2) is 5.58 Å². The molecule has 0 saturated carbocycles. The summed E-state index contributed by atoms with van der Waals surface area (Å²) < 4.78 is 33.1. The van der Waals surface area contributed by atoms with Gasteiger partial charge in [0, 0.05) is 18.8 Å². The molecule has 2 heterocycles. The fourth-order valence-corrected chi connectivity index (χ4v) is 6.18. The predicted molar refractivity (Wildman–Crippen MR) is 131 cm³/mol. The first-order valence-electron chi connectivity index (χ1n) is 11.2. The van der Waals surface area contributed by atoms with Crippen LogP contribution in [0.3, 0.4) is 0 Å². The third kappa shape index (κ3) is 5.26. The Kier molecular flexibility index (Phi) is 7.11. The fourth-order valence-electron chi connectivity index (χ4n) is 4.01. The molecule has 0 spiro atoms. The molecule has 0 radical (unpaired) electrons. The third-order valence-corrected chi connectivity index (χ3v) is 8.53. The van der Waals surface area contributed by atoms with Gasteiger partial charge in [-0.15, -0.1) is 0 Å². The van der Waals surface area contributed by atoms with Crippen LogP contribution in [0.1, 0.15) is 50.2 Å². The number of thioether (sulfide) groups is 1. The number of piperidine rings is 1. The molecule has 1 aliphatic heterocycles. The lowest BCUT2D eigenvalue weighted by Crippen LogP contribution is -2.35. The standard InChI is InChI=1S/C24H29N3O4S2/c1-16(2)19-9-7-8-17(3)23(19)26-22(28)15-32-24-25-20-14-18(10-11-21(20)31-24)33(29,30)27-12-5-4-6-13-27/h7-11,14,16H,4-6,12-13,15H2,1-3H3,(H,26,28). The highest BCUT2D eigenvalue weighted by Crippen LogP contribution is 2.30. The highest BCUT2D eigenvalue weighted by atomic mass is 32.2. The molecule has 1 N–H and O–H groups in total. The molecule has 9 heteroatoms. The molecule has 7 nitrogen and oxygen atoms in total. The summed E-state index contributed by atoms with van der Waals surface area (Å²) in [5.41, 5.74) is 3.93. The number of anilines is 1. The first-order chi connectivity index (χ1) is 15.8. The van der Waals surface area contributed by atoms with Gasteiger partial charge in [0.1, 0.15) is 5.52 Å². The number of benzene rings is 2. The van der Waals surface area contributed by atoms with Crippen molar-refractivity contribution in [2.75, 3.05) is 24.2 Å². The zero-order valence-corrected chi connectivity index (χ0v) is 20.8. The summed E-state index contributed by atoms with van der Waals surface area (Å²) in [7, 11) is -3.54. The second kappa shape index (κ2) is 9.87. The van der Waals surface area contributed by atoms with Crippen molar-refractivity contribution in [2.24, 2.45) is 0 Å². The highest BCUT2D eigenvalue weighted by Gasteiger charge is 2.26. The lowest BCUT2D eigenvalue weighted by Gasteiger charge is -2.25. The molecule has 1 fully saturated rings. The molecule has 4 rings (SSSR count). The smallest absolute Gasteiger partial charge is 0.257 e. The zero-order chi connectivity index (χ0) is 23.6. The van der Waals surface area contributed by atoms with E-state index in [4.69, 9.17) is 4.42 Å². The van der Waals surface area contributed by atoms with Crippen LogP contribution in [0.15, 0.2) is 50.9 Å². The molecule has 3 aromatic rings. The molecule has 0 aliphatic carbocycles. The number of fused-ring (bicyclic) bond motifs is 1. The largest absolute Gasteiger partial charge is 0.431 e. The van der Waals surface area contributed by atoms with Gasteiger partial charge in [0.25, 0.3) is 5.22 Å². The molecule has 0 atom stereocenters. The maximum absolute atomic E-state index is 12.9. The minimum atomic E-state index is -3.54. The summed E-state index contributed by atoms with van der Waals surface area (Å²) in [5, 5.41) is 3.35. The summed E-state index contributed by atoms with van der Waals surface area (Å²) in [6.07, 6.45) is 2.83. The molecule has 1 amide bonds. The van der Waals surface area contributed by atoms with Crippen LogP contribution in [-0.4, -0.2) is 42.5 Å². The van der Waals surface area contributed by atoms with Crippen molar-refractivity contribution in [3.8, 4) is 0 Å². The Balaban J connectivity index is 1.45. The molecule has 176 valence electrons. The topological polar surface area (TPSA) is 92.5 Å². The summed E-state index contributed by atoms with van der Waals surface area (Å²) in [6.45, 7) is 7.27. The number of aryl methyl sites for hydroxylation is 1. The van der Waals surface area contributed by atoms with Crippen LogP contribution >= 0.6 is 11.8 Å². The number of amides is 1. The second-order valence-corrected chi connectivity index (χ2v) is 11.5. The molecule has 1 saturated heterocycles. The van der Waals surface area contributed by atoms with Crippen LogP contribution in [0.25, 0.3) is 11.1 Å². The van der Waals surface area contributed by atoms with Crippen LogP contribution in [0.2, 0.25) is 0 Å². The number of oxazole rings is 1. The van der Waals surface area contributed by atoms with Gasteiger partial charge in [0.2, 0.25) is 15.9 Å². The van der Waals surface area contributed by atoms with E-state index in [0.29, 0.717) is 35.3 Å². The Morgan fingerprint density at radius 2 is 1.94 bits per heavy atom. The van der Waals surface area contributed by atoms with Crippen LogP contribution in [0.4, 0.5) is 5.69 Å². The molecule has 2 aromatic carbocycles. The van der Waals surface area contributed by atoms with Crippen LogP contribution in [0.5, 0.6) is 0 Å². The van der Waals surface area contributed by atoms with Crippen molar-refractivity contribution in [1.82, 2.24) is 9.29 Å². The number of nitrogens with zero attached hydrogens (tertiary/aromatic N) is 2. The van der Waals surface area contributed by atoms with E-state index in [0.717, 1.165) is 36.1 Å². The van der Waals surface area contributed by atoms with Gasteiger partial charge in [-0.05, 0) is 55.0 Å². The lowest BCUT2D eigenvalue weighted by molar-refractivity contribution is -0.113. The van der Waals surface area contributed by atoms with Gasteiger partial charge in [-0.2, -0.15) is 4.31 Å². The molecule has 33 heavy (non-hydrogen) atoms. The summed E-state index contributed by atoms with van der Waals surface area (Å²) in [5.74, 6) is 0.282. The van der Waals surface area contributed by atoms with Crippen molar-refractivity contribution in [2.45, 2.75) is 56.1 Å². The second-order valence-electron chi connectivity index (χ2n) is 8.60. The average Bonchev–Trinajstić information content (AvgIpc) is 3.22. The number of hydrogen-bond acceptors (Lipinski definition) is 6. The molecule has 1 aromatic heterocycles. The zero-order valence-electron chi connectivity index (χ0n) is 19.1. The van der Waals surface area contributed by atoms with Gasteiger partial charge in [-0.3, -0.25) is 4.79 Å². The van der Waals surface area contributed by atoms with Gasteiger partial charge in [-0.1, -0.05) is 50.2 Å². The average molecular weight is 488 g/mol. The van der Waals surface area contributed by atoms with Crippen molar-refractivity contribution in [1.29, 1.82) is 0 Å². The van der Waals surface area contributed by atoms with E-state index >= 15 is 0 Å². The van der Waals surface area contributed by atoms with E-state index < -0.39 is 10.0 Å². The molecule has 0 bridgehead atoms. The Labute approximate surface area is 199 Å². The van der Waals surface area contributed by atoms with Crippen molar-refractivity contribution in [3.05, 3.63) is 47.5 Å².